The minimum atomic E-state index is -0.141. The number of amides is 1. The normalized spacial score (nSPS) is 12.6. The van der Waals surface area contributed by atoms with Gasteiger partial charge in [0.2, 0.25) is 0 Å². The van der Waals surface area contributed by atoms with Crippen molar-refractivity contribution in [1.82, 2.24) is 20.8 Å². The second-order valence-corrected chi connectivity index (χ2v) is 4.29. The first-order valence-corrected chi connectivity index (χ1v) is 6.17. The van der Waals surface area contributed by atoms with E-state index in [0.717, 1.165) is 17.4 Å². The maximum atomic E-state index is 12.0. The summed E-state index contributed by atoms with van der Waals surface area (Å²) < 4.78 is 0. The summed E-state index contributed by atoms with van der Waals surface area (Å²) in [4.78, 5) is 12.0. The van der Waals surface area contributed by atoms with Crippen LogP contribution in [0, 0.1) is 0 Å². The van der Waals surface area contributed by atoms with E-state index in [1.807, 2.05) is 38.1 Å². The molecule has 0 aliphatic rings. The zero-order chi connectivity index (χ0) is 13.0. The highest BCUT2D eigenvalue weighted by Crippen LogP contribution is 2.14. The fourth-order valence-electron chi connectivity index (χ4n) is 1.89. The Morgan fingerprint density at radius 2 is 2.22 bits per heavy atom. The molecule has 3 N–H and O–H groups in total. The number of rotatable bonds is 5. The van der Waals surface area contributed by atoms with Gasteiger partial charge in [-0.15, -0.1) is 0 Å². The van der Waals surface area contributed by atoms with E-state index >= 15 is 0 Å². The molecule has 2 rings (SSSR count). The molecule has 5 nitrogen and oxygen atoms in total. The second kappa shape index (κ2) is 5.64. The molecule has 1 amide bonds. The van der Waals surface area contributed by atoms with Crippen LogP contribution in [0.4, 0.5) is 0 Å². The van der Waals surface area contributed by atoms with E-state index in [0.29, 0.717) is 12.2 Å². The van der Waals surface area contributed by atoms with Crippen molar-refractivity contribution in [2.24, 2.45) is 0 Å². The van der Waals surface area contributed by atoms with Gasteiger partial charge in [0, 0.05) is 18.0 Å². The predicted molar refractivity (Wildman–Crippen MR) is 71.6 cm³/mol. The van der Waals surface area contributed by atoms with Gasteiger partial charge in [0.25, 0.3) is 5.91 Å². The Bertz CT molecular complexity index is 535. The Hall–Kier alpha value is -1.88. The van der Waals surface area contributed by atoms with Crippen LogP contribution in [0.15, 0.2) is 24.3 Å². The number of likely N-dealkylation sites (N-methyl/N-ethyl adjacent to an activating group) is 1. The highest BCUT2D eigenvalue weighted by Gasteiger charge is 2.13. The number of fused-ring (bicyclic) bond motifs is 1. The van der Waals surface area contributed by atoms with Crippen molar-refractivity contribution in [3.63, 3.8) is 0 Å². The van der Waals surface area contributed by atoms with Gasteiger partial charge in [-0.1, -0.05) is 25.1 Å². The smallest absolute Gasteiger partial charge is 0.272 e. The van der Waals surface area contributed by atoms with Crippen molar-refractivity contribution < 1.29 is 4.79 Å². The molecule has 96 valence electrons. The number of benzene rings is 1. The second-order valence-electron chi connectivity index (χ2n) is 4.29. The van der Waals surface area contributed by atoms with E-state index in [2.05, 4.69) is 20.8 Å². The lowest BCUT2D eigenvalue weighted by atomic mass is 10.2. The SMILES string of the molecule is CCN[C@H](C)CNC(=O)c1n[nH]c2ccccc12. The summed E-state index contributed by atoms with van der Waals surface area (Å²) >= 11 is 0. The van der Waals surface area contributed by atoms with E-state index in [1.54, 1.807) is 0 Å². The molecule has 1 heterocycles. The summed E-state index contributed by atoms with van der Waals surface area (Å²) in [7, 11) is 0. The van der Waals surface area contributed by atoms with Crippen LogP contribution < -0.4 is 10.6 Å². The minimum Gasteiger partial charge on any atom is -0.349 e. The molecule has 1 aromatic carbocycles. The summed E-state index contributed by atoms with van der Waals surface area (Å²) in [5, 5.41) is 13.9. The number of nitrogens with one attached hydrogen (secondary N) is 3. The summed E-state index contributed by atoms with van der Waals surface area (Å²) in [6, 6.07) is 7.86. The first-order valence-electron chi connectivity index (χ1n) is 6.17. The number of carbonyl (C=O) groups is 1. The van der Waals surface area contributed by atoms with E-state index < -0.39 is 0 Å². The quantitative estimate of drug-likeness (QED) is 0.744. The molecule has 0 aliphatic heterocycles. The highest BCUT2D eigenvalue weighted by atomic mass is 16.1. The molecule has 1 atom stereocenters. The molecule has 0 unspecified atom stereocenters. The lowest BCUT2D eigenvalue weighted by molar-refractivity contribution is 0.0947. The van der Waals surface area contributed by atoms with Crippen molar-refractivity contribution >= 4 is 16.8 Å². The van der Waals surface area contributed by atoms with Gasteiger partial charge in [-0.2, -0.15) is 5.10 Å². The van der Waals surface area contributed by atoms with E-state index in [9.17, 15) is 4.79 Å². The fourth-order valence-corrected chi connectivity index (χ4v) is 1.89. The lowest BCUT2D eigenvalue weighted by Gasteiger charge is -2.12. The van der Waals surface area contributed by atoms with Crippen LogP contribution in [0.2, 0.25) is 0 Å². The van der Waals surface area contributed by atoms with Gasteiger partial charge in [0.1, 0.15) is 0 Å². The lowest BCUT2D eigenvalue weighted by Crippen LogP contribution is -2.38. The van der Waals surface area contributed by atoms with Crippen molar-refractivity contribution in [3.8, 4) is 0 Å². The van der Waals surface area contributed by atoms with Crippen LogP contribution in [-0.2, 0) is 0 Å². The summed E-state index contributed by atoms with van der Waals surface area (Å²) in [5.41, 5.74) is 1.33. The van der Waals surface area contributed by atoms with Crippen LogP contribution in [0.5, 0.6) is 0 Å². The number of H-pyrrole nitrogens is 1. The maximum absolute atomic E-state index is 12.0. The third-order valence-electron chi connectivity index (χ3n) is 2.81. The Balaban J connectivity index is 2.05. The van der Waals surface area contributed by atoms with Crippen molar-refractivity contribution in [3.05, 3.63) is 30.0 Å². The van der Waals surface area contributed by atoms with Crippen molar-refractivity contribution in [2.75, 3.05) is 13.1 Å². The highest BCUT2D eigenvalue weighted by molar-refractivity contribution is 6.04. The third kappa shape index (κ3) is 2.68. The average molecular weight is 246 g/mol. The van der Waals surface area contributed by atoms with Crippen LogP contribution in [0.25, 0.3) is 10.9 Å². The Labute approximate surface area is 106 Å². The number of carbonyl (C=O) groups excluding carboxylic acids is 1. The average Bonchev–Trinajstić information content (AvgIpc) is 2.80. The molecular formula is C13H18N4O. The van der Waals surface area contributed by atoms with Crippen molar-refractivity contribution in [2.45, 2.75) is 19.9 Å². The first-order chi connectivity index (χ1) is 8.72. The molecule has 0 bridgehead atoms. The zero-order valence-electron chi connectivity index (χ0n) is 10.7. The molecule has 0 saturated carbocycles. The van der Waals surface area contributed by atoms with E-state index in [1.165, 1.54) is 0 Å². The topological polar surface area (TPSA) is 69.8 Å². The number of hydrogen-bond acceptors (Lipinski definition) is 3. The third-order valence-corrected chi connectivity index (χ3v) is 2.81. The number of aromatic amines is 1. The number of nitrogens with zero attached hydrogens (tertiary/aromatic N) is 1. The van der Waals surface area contributed by atoms with Gasteiger partial charge in [0.15, 0.2) is 5.69 Å². The van der Waals surface area contributed by atoms with Gasteiger partial charge in [-0.3, -0.25) is 9.89 Å². The summed E-state index contributed by atoms with van der Waals surface area (Å²) in [6.07, 6.45) is 0. The Morgan fingerprint density at radius 3 is 3.00 bits per heavy atom. The zero-order valence-corrected chi connectivity index (χ0v) is 10.7. The number of hydrogen-bond donors (Lipinski definition) is 3. The molecule has 5 heteroatoms. The fraction of sp³-hybridized carbons (Fsp3) is 0.385. The Kier molecular flexibility index (Phi) is 3.94. The molecule has 0 spiro atoms. The largest absolute Gasteiger partial charge is 0.349 e. The van der Waals surface area contributed by atoms with Crippen LogP contribution >= 0.6 is 0 Å². The first kappa shape index (κ1) is 12.6. The molecule has 0 aliphatic carbocycles. The minimum absolute atomic E-state index is 0.141. The molecule has 18 heavy (non-hydrogen) atoms. The monoisotopic (exact) mass is 246 g/mol. The number of aromatic nitrogens is 2. The van der Waals surface area contributed by atoms with Gasteiger partial charge in [-0.05, 0) is 19.5 Å². The van der Waals surface area contributed by atoms with E-state index in [-0.39, 0.29) is 11.9 Å². The molecular weight excluding hydrogens is 228 g/mol. The van der Waals surface area contributed by atoms with Crippen LogP contribution in [0.1, 0.15) is 24.3 Å². The van der Waals surface area contributed by atoms with Gasteiger partial charge in [-0.25, -0.2) is 0 Å². The summed E-state index contributed by atoms with van der Waals surface area (Å²) in [5.74, 6) is -0.141. The molecule has 0 saturated heterocycles. The van der Waals surface area contributed by atoms with E-state index in [4.69, 9.17) is 0 Å². The van der Waals surface area contributed by atoms with Gasteiger partial charge >= 0.3 is 0 Å². The number of para-hydroxylation sites is 1. The Morgan fingerprint density at radius 1 is 1.44 bits per heavy atom. The summed E-state index contributed by atoms with van der Waals surface area (Å²) in [6.45, 7) is 5.56. The molecule has 1 aromatic heterocycles. The standard InChI is InChI=1S/C13H18N4O/c1-3-14-9(2)8-15-13(18)12-10-6-4-5-7-11(10)16-17-12/h4-7,9,14H,3,8H2,1-2H3,(H,15,18)(H,16,17)/t9-/m1/s1. The molecule has 0 fully saturated rings. The molecule has 0 radical (unpaired) electrons. The van der Waals surface area contributed by atoms with Crippen LogP contribution in [0.3, 0.4) is 0 Å². The van der Waals surface area contributed by atoms with Crippen molar-refractivity contribution in [1.29, 1.82) is 0 Å². The van der Waals surface area contributed by atoms with Gasteiger partial charge in [0.05, 0.1) is 5.52 Å². The van der Waals surface area contributed by atoms with Crippen LogP contribution in [-0.4, -0.2) is 35.2 Å². The molecule has 2 aromatic rings. The predicted octanol–water partition coefficient (Wildman–Crippen LogP) is 1.29. The maximum Gasteiger partial charge on any atom is 0.272 e. The van der Waals surface area contributed by atoms with Gasteiger partial charge < -0.3 is 10.6 Å².